The van der Waals surface area contributed by atoms with Crippen LogP contribution in [-0.4, -0.2) is 28.2 Å². The molecule has 1 saturated heterocycles. The van der Waals surface area contributed by atoms with Gasteiger partial charge in [-0.05, 0) is 25.3 Å². The molecule has 0 aromatic carbocycles. The summed E-state index contributed by atoms with van der Waals surface area (Å²) < 4.78 is 31.5. The fourth-order valence-corrected chi connectivity index (χ4v) is 3.96. The van der Waals surface area contributed by atoms with Crippen LogP contribution in [-0.2, 0) is 18.2 Å². The Hall–Kier alpha value is 0.260. The van der Waals surface area contributed by atoms with Crippen LogP contribution >= 0.6 is 16.5 Å². The Morgan fingerprint density at radius 3 is 2.35 bits per heavy atom. The van der Waals surface area contributed by atoms with E-state index in [4.69, 9.17) is 18.8 Å². The Bertz CT molecular complexity index is 306. The lowest BCUT2D eigenvalue weighted by molar-refractivity contribution is -0.112. The maximum atomic E-state index is 10.8. The average Bonchev–Trinajstić information content (AvgIpc) is 2.52. The summed E-state index contributed by atoms with van der Waals surface area (Å²) in [7, 11) is -6.40. The highest BCUT2D eigenvalue weighted by Gasteiger charge is 2.49. The maximum absolute atomic E-state index is 10.8. The van der Waals surface area contributed by atoms with Gasteiger partial charge in [0.25, 0.3) is 0 Å². The van der Waals surface area contributed by atoms with Gasteiger partial charge in [-0.25, -0.2) is 0 Å². The molecule has 1 heterocycles. The molecule has 1 saturated carbocycles. The molecule has 2 unspecified atom stereocenters. The molecule has 2 aliphatic rings. The molecule has 7 nitrogen and oxygen atoms in total. The van der Waals surface area contributed by atoms with E-state index in [1.165, 1.54) is 0 Å². The molecule has 3 N–H and O–H groups in total. The smallest absolute Gasteiger partial charge is 0.319 e. The normalized spacial score (nSPS) is 40.8. The second-order valence-corrected chi connectivity index (χ2v) is 5.99. The minimum absolute atomic E-state index is 0.131. The van der Waals surface area contributed by atoms with Gasteiger partial charge >= 0.3 is 16.5 Å². The summed E-state index contributed by atoms with van der Waals surface area (Å²) in [6, 6.07) is 0.131. The van der Waals surface area contributed by atoms with E-state index in [1.807, 2.05) is 0 Å². The second-order valence-electron chi connectivity index (χ2n) is 4.52. The summed E-state index contributed by atoms with van der Waals surface area (Å²) in [4.78, 5) is 17.8. The van der Waals surface area contributed by atoms with Crippen LogP contribution in [0.5, 0.6) is 0 Å². The van der Waals surface area contributed by atoms with Crippen LogP contribution in [0.4, 0.5) is 0 Å². The molecule has 4 atom stereocenters. The predicted molar refractivity (Wildman–Crippen MR) is 61.1 cm³/mol. The van der Waals surface area contributed by atoms with Crippen LogP contribution in [0.15, 0.2) is 0 Å². The Kier molecular flexibility index (Phi) is 4.42. The molecule has 0 aromatic heterocycles. The minimum Gasteiger partial charge on any atom is -0.326 e. The van der Waals surface area contributed by atoms with E-state index in [0.29, 0.717) is 12.8 Å². The van der Waals surface area contributed by atoms with Crippen molar-refractivity contribution >= 4 is 16.5 Å². The van der Waals surface area contributed by atoms with Crippen molar-refractivity contribution in [2.45, 2.75) is 37.5 Å². The van der Waals surface area contributed by atoms with Gasteiger partial charge in [-0.15, -0.1) is 0 Å². The molecule has 2 rings (SSSR count). The molecule has 0 radical (unpaired) electrons. The van der Waals surface area contributed by atoms with Gasteiger partial charge in [0, 0.05) is 18.9 Å². The molecule has 1 aliphatic heterocycles. The van der Waals surface area contributed by atoms with Crippen LogP contribution in [0.2, 0.25) is 0 Å². The number of nitrogens with one attached hydrogen (secondary N) is 1. The van der Waals surface area contributed by atoms with Gasteiger partial charge in [-0.2, -0.15) is 0 Å². The highest BCUT2D eigenvalue weighted by molar-refractivity contribution is 7.33. The first-order valence-electron chi connectivity index (χ1n) is 5.58. The van der Waals surface area contributed by atoms with Crippen molar-refractivity contribution in [1.82, 2.24) is 5.32 Å². The first kappa shape index (κ1) is 13.7. The van der Waals surface area contributed by atoms with Crippen LogP contribution in [0.1, 0.15) is 25.7 Å². The van der Waals surface area contributed by atoms with Gasteiger partial charge in [0.1, 0.15) is 0 Å². The van der Waals surface area contributed by atoms with Gasteiger partial charge in [-0.3, -0.25) is 18.2 Å². The van der Waals surface area contributed by atoms with Gasteiger partial charge in [0.2, 0.25) is 0 Å². The van der Waals surface area contributed by atoms with Crippen molar-refractivity contribution in [3.63, 3.8) is 0 Å². The monoisotopic (exact) mass is 285 g/mol. The van der Waals surface area contributed by atoms with E-state index in [9.17, 15) is 9.13 Å². The number of piperidine rings is 1. The molecule has 17 heavy (non-hydrogen) atoms. The SMILES string of the molecule is O=[PH](O)OC1(O[PH](=O)O)C[C@H]2CCCN[C@@H]2C1. The zero-order chi connectivity index (χ0) is 12.5. The molecule has 100 valence electrons. The van der Waals surface area contributed by atoms with Gasteiger partial charge in [-0.1, -0.05) is 0 Å². The summed E-state index contributed by atoms with van der Waals surface area (Å²) in [5.41, 5.74) is 0. The van der Waals surface area contributed by atoms with Gasteiger partial charge in [0.15, 0.2) is 5.79 Å². The van der Waals surface area contributed by atoms with Crippen LogP contribution in [0.3, 0.4) is 0 Å². The third-order valence-corrected chi connectivity index (χ3v) is 4.47. The van der Waals surface area contributed by atoms with Gasteiger partial charge in [0.05, 0.1) is 0 Å². The summed E-state index contributed by atoms with van der Waals surface area (Å²) in [6.07, 6.45) is 2.73. The molecular formula is C8H17NO6P2. The van der Waals surface area contributed by atoms with Crippen molar-refractivity contribution < 1.29 is 28.0 Å². The average molecular weight is 285 g/mol. The Morgan fingerprint density at radius 2 is 1.82 bits per heavy atom. The topological polar surface area (TPSA) is 105 Å². The molecule has 0 aromatic rings. The summed E-state index contributed by atoms with van der Waals surface area (Å²) in [5, 5.41) is 3.28. The van der Waals surface area contributed by atoms with Crippen molar-refractivity contribution in [2.75, 3.05) is 6.54 Å². The van der Waals surface area contributed by atoms with E-state index >= 15 is 0 Å². The van der Waals surface area contributed by atoms with E-state index in [-0.39, 0.29) is 12.0 Å². The molecule has 9 heteroatoms. The fraction of sp³-hybridized carbons (Fsp3) is 1.00. The lowest BCUT2D eigenvalue weighted by Crippen LogP contribution is -2.38. The minimum atomic E-state index is -3.20. The maximum Gasteiger partial charge on any atom is 0.319 e. The summed E-state index contributed by atoms with van der Waals surface area (Å²) >= 11 is 0. The standard InChI is InChI=1S/C8H17NO6P2/c10-16(11)14-8(15-17(12)13)4-6-2-1-3-9-7(6)5-8/h6-7,9,16-17H,1-5H2,(H,10,11)(H,12,13)/t6-,7-/m1/s1. The van der Waals surface area contributed by atoms with Crippen molar-refractivity contribution in [3.8, 4) is 0 Å². The highest BCUT2D eigenvalue weighted by Crippen LogP contribution is 2.49. The van der Waals surface area contributed by atoms with Crippen molar-refractivity contribution in [2.24, 2.45) is 5.92 Å². The van der Waals surface area contributed by atoms with Crippen LogP contribution in [0.25, 0.3) is 0 Å². The zero-order valence-corrected chi connectivity index (χ0v) is 11.2. The summed E-state index contributed by atoms with van der Waals surface area (Å²) in [5.74, 6) is -1.10. The molecule has 0 spiro atoms. The Morgan fingerprint density at radius 1 is 1.18 bits per heavy atom. The number of rotatable bonds is 4. The van der Waals surface area contributed by atoms with Crippen molar-refractivity contribution in [1.29, 1.82) is 0 Å². The first-order valence-corrected chi connectivity index (χ1v) is 8.11. The van der Waals surface area contributed by atoms with E-state index in [2.05, 4.69) is 5.32 Å². The zero-order valence-electron chi connectivity index (χ0n) is 9.22. The van der Waals surface area contributed by atoms with Crippen LogP contribution < -0.4 is 5.32 Å². The first-order chi connectivity index (χ1) is 8.01. The van der Waals surface area contributed by atoms with Crippen LogP contribution in [0, 0.1) is 5.92 Å². The largest absolute Gasteiger partial charge is 0.326 e. The molecule has 0 bridgehead atoms. The number of hydrogen-bond donors (Lipinski definition) is 3. The fourth-order valence-electron chi connectivity index (χ4n) is 2.83. The molecule has 0 amide bonds. The van der Waals surface area contributed by atoms with Gasteiger partial charge < -0.3 is 15.1 Å². The molecule has 1 aliphatic carbocycles. The predicted octanol–water partition coefficient (Wildman–Crippen LogP) is 0.642. The number of fused-ring (bicyclic) bond motifs is 1. The highest BCUT2D eigenvalue weighted by atomic mass is 31.1. The number of hydrogen-bond acceptors (Lipinski definition) is 5. The quantitative estimate of drug-likeness (QED) is 0.514. The molecular weight excluding hydrogens is 268 g/mol. The molecule has 2 fully saturated rings. The summed E-state index contributed by atoms with van der Waals surface area (Å²) in [6.45, 7) is 0.889. The van der Waals surface area contributed by atoms with Crippen molar-refractivity contribution in [3.05, 3.63) is 0 Å². The van der Waals surface area contributed by atoms with E-state index in [1.54, 1.807) is 0 Å². The van der Waals surface area contributed by atoms with E-state index in [0.717, 1.165) is 19.4 Å². The Balaban J connectivity index is 2.11. The third kappa shape index (κ3) is 3.38. The third-order valence-electron chi connectivity index (χ3n) is 3.38. The second kappa shape index (κ2) is 5.49. The lowest BCUT2D eigenvalue weighted by atomic mass is 9.94. The Labute approximate surface area is 100 Å². The lowest BCUT2D eigenvalue weighted by Gasteiger charge is -2.26. The van der Waals surface area contributed by atoms with E-state index < -0.39 is 22.3 Å².